The van der Waals surface area contributed by atoms with E-state index in [1.807, 2.05) is 13.1 Å². The first-order valence-corrected chi connectivity index (χ1v) is 6.34. The van der Waals surface area contributed by atoms with Crippen molar-refractivity contribution in [1.29, 1.82) is 0 Å². The fourth-order valence-corrected chi connectivity index (χ4v) is 1.50. The van der Waals surface area contributed by atoms with Crippen molar-refractivity contribution in [3.63, 3.8) is 0 Å². The summed E-state index contributed by atoms with van der Waals surface area (Å²) in [6.07, 6.45) is 4.44. The molecule has 4 heteroatoms. The molecule has 0 amide bonds. The molecule has 1 aliphatic rings. The van der Waals surface area contributed by atoms with Crippen molar-refractivity contribution in [3.05, 3.63) is 17.5 Å². The van der Waals surface area contributed by atoms with Crippen LogP contribution in [-0.2, 0) is 6.54 Å². The predicted octanol–water partition coefficient (Wildman–Crippen LogP) is 2.07. The Hall–Kier alpha value is -1.16. The van der Waals surface area contributed by atoms with Crippen LogP contribution in [0.4, 0.5) is 0 Å². The third kappa shape index (κ3) is 3.97. The highest BCUT2D eigenvalue weighted by Crippen LogP contribution is 2.28. The summed E-state index contributed by atoms with van der Waals surface area (Å²) in [6.45, 7) is 7.84. The number of aryl methyl sites for hydroxylation is 1. The van der Waals surface area contributed by atoms with Gasteiger partial charge in [0.1, 0.15) is 0 Å². The lowest BCUT2D eigenvalue weighted by Gasteiger charge is -2.10. The second-order valence-corrected chi connectivity index (χ2v) is 5.05. The fourth-order valence-electron chi connectivity index (χ4n) is 1.50. The highest BCUT2D eigenvalue weighted by Gasteiger charge is 2.22. The molecule has 2 rings (SSSR count). The second kappa shape index (κ2) is 5.45. The molecule has 0 saturated heterocycles. The third-order valence-electron chi connectivity index (χ3n) is 2.90. The van der Waals surface area contributed by atoms with E-state index in [0.717, 1.165) is 30.3 Å². The van der Waals surface area contributed by atoms with Gasteiger partial charge < -0.3 is 10.1 Å². The largest absolute Gasteiger partial charge is 0.463 e. The molecule has 0 aliphatic heterocycles. The number of rotatable bonds is 6. The van der Waals surface area contributed by atoms with Crippen LogP contribution >= 0.6 is 0 Å². The smallest absolute Gasteiger partial charge is 0.316 e. The summed E-state index contributed by atoms with van der Waals surface area (Å²) in [5.74, 6) is 0.737. The average molecular weight is 235 g/mol. The Labute approximate surface area is 103 Å². The molecule has 1 aromatic heterocycles. The Morgan fingerprint density at radius 2 is 2.24 bits per heavy atom. The van der Waals surface area contributed by atoms with E-state index in [1.54, 1.807) is 0 Å². The number of ether oxygens (including phenoxy) is 1. The summed E-state index contributed by atoms with van der Waals surface area (Å²) in [5.41, 5.74) is 2.14. The Morgan fingerprint density at radius 1 is 1.47 bits per heavy atom. The van der Waals surface area contributed by atoms with Crippen LogP contribution in [0.3, 0.4) is 0 Å². The van der Waals surface area contributed by atoms with Crippen molar-refractivity contribution >= 4 is 0 Å². The van der Waals surface area contributed by atoms with Gasteiger partial charge in [-0.1, -0.05) is 13.8 Å². The Balaban J connectivity index is 1.90. The number of hydrogen-bond donors (Lipinski definition) is 1. The van der Waals surface area contributed by atoms with Crippen LogP contribution in [0.15, 0.2) is 6.20 Å². The Bertz CT molecular complexity index is 375. The molecular formula is C13H21N3O. The van der Waals surface area contributed by atoms with Crippen LogP contribution in [0, 0.1) is 12.8 Å². The summed E-state index contributed by atoms with van der Waals surface area (Å²) in [5, 5.41) is 3.36. The highest BCUT2D eigenvalue weighted by atomic mass is 16.5. The standard InChI is InChI=1S/C13H21N3O/c1-9(2)14-6-12-7-15-13(16-10(12)3)17-8-11-4-5-11/h7,9,11,14H,4-6,8H2,1-3H3. The summed E-state index contributed by atoms with van der Waals surface area (Å²) < 4.78 is 5.55. The van der Waals surface area contributed by atoms with Gasteiger partial charge in [0.25, 0.3) is 0 Å². The minimum absolute atomic E-state index is 0.472. The van der Waals surface area contributed by atoms with Crippen molar-refractivity contribution < 1.29 is 4.74 Å². The van der Waals surface area contributed by atoms with Gasteiger partial charge in [0.15, 0.2) is 0 Å². The van der Waals surface area contributed by atoms with E-state index in [0.29, 0.717) is 12.1 Å². The maximum atomic E-state index is 5.55. The van der Waals surface area contributed by atoms with Crippen molar-refractivity contribution in [2.75, 3.05) is 6.61 Å². The quantitative estimate of drug-likeness (QED) is 0.820. The van der Waals surface area contributed by atoms with E-state index in [9.17, 15) is 0 Å². The van der Waals surface area contributed by atoms with Crippen LogP contribution < -0.4 is 10.1 Å². The zero-order valence-corrected chi connectivity index (χ0v) is 10.9. The van der Waals surface area contributed by atoms with Crippen LogP contribution in [0.25, 0.3) is 0 Å². The van der Waals surface area contributed by atoms with E-state index >= 15 is 0 Å². The van der Waals surface area contributed by atoms with Crippen molar-refractivity contribution in [1.82, 2.24) is 15.3 Å². The number of aromatic nitrogens is 2. The molecule has 4 nitrogen and oxygen atoms in total. The number of hydrogen-bond acceptors (Lipinski definition) is 4. The summed E-state index contributed by atoms with van der Waals surface area (Å²) in [7, 11) is 0. The van der Waals surface area contributed by atoms with E-state index in [-0.39, 0.29) is 0 Å². The maximum absolute atomic E-state index is 5.55. The van der Waals surface area contributed by atoms with Crippen molar-refractivity contribution in [3.8, 4) is 6.01 Å². The molecule has 1 saturated carbocycles. The monoisotopic (exact) mass is 235 g/mol. The van der Waals surface area contributed by atoms with E-state index in [2.05, 4.69) is 29.1 Å². The highest BCUT2D eigenvalue weighted by molar-refractivity contribution is 5.17. The first kappa shape index (κ1) is 12.3. The lowest BCUT2D eigenvalue weighted by atomic mass is 10.2. The first-order valence-electron chi connectivity index (χ1n) is 6.34. The average Bonchev–Trinajstić information content (AvgIpc) is 3.08. The van der Waals surface area contributed by atoms with Crippen molar-refractivity contribution in [2.45, 2.75) is 46.2 Å². The molecule has 0 bridgehead atoms. The van der Waals surface area contributed by atoms with Gasteiger partial charge in [0, 0.05) is 30.0 Å². The molecule has 17 heavy (non-hydrogen) atoms. The van der Waals surface area contributed by atoms with Crippen LogP contribution in [-0.4, -0.2) is 22.6 Å². The van der Waals surface area contributed by atoms with Gasteiger partial charge in [0.05, 0.1) is 6.61 Å². The van der Waals surface area contributed by atoms with E-state index < -0.39 is 0 Å². The lowest BCUT2D eigenvalue weighted by molar-refractivity contribution is 0.275. The molecular weight excluding hydrogens is 214 g/mol. The minimum atomic E-state index is 0.472. The third-order valence-corrected chi connectivity index (χ3v) is 2.90. The van der Waals surface area contributed by atoms with Crippen molar-refractivity contribution in [2.24, 2.45) is 5.92 Å². The van der Waals surface area contributed by atoms with Gasteiger partial charge in [-0.25, -0.2) is 9.97 Å². The minimum Gasteiger partial charge on any atom is -0.463 e. The summed E-state index contributed by atoms with van der Waals surface area (Å²) in [4.78, 5) is 8.62. The topological polar surface area (TPSA) is 47.0 Å². The normalized spacial score (nSPS) is 15.3. The molecule has 1 N–H and O–H groups in total. The summed E-state index contributed by atoms with van der Waals surface area (Å²) >= 11 is 0. The zero-order chi connectivity index (χ0) is 12.3. The van der Waals surface area contributed by atoms with Gasteiger partial charge >= 0.3 is 6.01 Å². The number of nitrogens with one attached hydrogen (secondary N) is 1. The molecule has 0 atom stereocenters. The van der Waals surface area contributed by atoms with E-state index in [4.69, 9.17) is 4.74 Å². The SMILES string of the molecule is Cc1nc(OCC2CC2)ncc1CNC(C)C. The van der Waals surface area contributed by atoms with Gasteiger partial charge in [0.2, 0.25) is 0 Å². The van der Waals surface area contributed by atoms with Gasteiger partial charge in [-0.2, -0.15) is 0 Å². The second-order valence-electron chi connectivity index (χ2n) is 5.05. The van der Waals surface area contributed by atoms with E-state index in [1.165, 1.54) is 12.8 Å². The Morgan fingerprint density at radius 3 is 2.82 bits per heavy atom. The van der Waals surface area contributed by atoms with Crippen LogP contribution in [0.2, 0.25) is 0 Å². The van der Waals surface area contributed by atoms with Crippen LogP contribution in [0.1, 0.15) is 37.9 Å². The molecule has 0 spiro atoms. The number of nitrogens with zero attached hydrogens (tertiary/aromatic N) is 2. The first-order chi connectivity index (χ1) is 8.15. The molecule has 1 aliphatic carbocycles. The van der Waals surface area contributed by atoms with Gasteiger partial charge in [-0.15, -0.1) is 0 Å². The van der Waals surface area contributed by atoms with Crippen LogP contribution in [0.5, 0.6) is 6.01 Å². The van der Waals surface area contributed by atoms with Gasteiger partial charge in [-0.05, 0) is 25.7 Å². The fraction of sp³-hybridized carbons (Fsp3) is 0.692. The summed E-state index contributed by atoms with van der Waals surface area (Å²) in [6, 6.07) is 0.989. The maximum Gasteiger partial charge on any atom is 0.316 e. The molecule has 0 radical (unpaired) electrons. The molecule has 94 valence electrons. The molecule has 0 aromatic carbocycles. The lowest BCUT2D eigenvalue weighted by Crippen LogP contribution is -2.22. The molecule has 1 heterocycles. The molecule has 0 unspecified atom stereocenters. The predicted molar refractivity (Wildman–Crippen MR) is 67.0 cm³/mol. The zero-order valence-electron chi connectivity index (χ0n) is 10.9. The Kier molecular flexibility index (Phi) is 3.94. The van der Waals surface area contributed by atoms with Gasteiger partial charge in [-0.3, -0.25) is 0 Å². The molecule has 1 fully saturated rings. The molecule has 1 aromatic rings.